The molecule has 2 aliphatic carbocycles. The molecule has 2 aliphatic rings. The number of hydrogen-bond acceptors (Lipinski definition) is 22. The lowest BCUT2D eigenvalue weighted by atomic mass is 9.91. The van der Waals surface area contributed by atoms with Crippen LogP contribution in [0.15, 0.2) is 146 Å². The van der Waals surface area contributed by atoms with Crippen molar-refractivity contribution in [3.05, 3.63) is 235 Å². The number of esters is 6. The number of rotatable bonds is 37. The molecule has 0 atom stereocenters. The van der Waals surface area contributed by atoms with Gasteiger partial charge >= 0.3 is 35.8 Å². The number of para-hydroxylation sites is 8. The Morgan fingerprint density at radius 2 is 0.360 bits per heavy atom. The van der Waals surface area contributed by atoms with Crippen LogP contribution in [0.2, 0.25) is 0 Å². The second kappa shape index (κ2) is 43.7. The molecule has 0 saturated carbocycles. The second-order valence-corrected chi connectivity index (χ2v) is 26.9. The zero-order valence-corrected chi connectivity index (χ0v) is 65.6. The highest BCUT2D eigenvalue weighted by molar-refractivity contribution is 5.79. The van der Waals surface area contributed by atoms with E-state index in [2.05, 4.69) is 10.6 Å². The fourth-order valence-corrected chi connectivity index (χ4v) is 13.9. The fraction of sp³-hybridized carbons (Fsp3) is 0.378. The number of fused-ring (bicyclic) bond motifs is 16. The van der Waals surface area contributed by atoms with Gasteiger partial charge in [0.2, 0.25) is 0 Å². The first-order chi connectivity index (χ1) is 55.6. The number of ether oxygens (including phenoxy) is 14. The summed E-state index contributed by atoms with van der Waals surface area (Å²) >= 11 is 0. The molecule has 2 N–H and O–H groups in total. The Morgan fingerprint density at radius 3 is 0.500 bits per heavy atom. The Hall–Kier alpha value is -12.1. The molecule has 10 rings (SSSR count). The van der Waals surface area contributed by atoms with Gasteiger partial charge in [-0.3, -0.25) is 9.59 Å². The Balaban J connectivity index is 0.826. The summed E-state index contributed by atoms with van der Waals surface area (Å²) in [5.41, 5.74) is 11.4. The normalized spacial score (nSPS) is 11.9. The number of amides is 2. The van der Waals surface area contributed by atoms with Crippen molar-refractivity contribution in [2.24, 2.45) is 0 Å². The summed E-state index contributed by atoms with van der Waals surface area (Å²) in [7, 11) is 0. The van der Waals surface area contributed by atoms with Gasteiger partial charge in [0.25, 0.3) is 11.8 Å². The average Bonchev–Trinajstić information content (AvgIpc) is 0.790. The van der Waals surface area contributed by atoms with Gasteiger partial charge in [0, 0.05) is 64.5 Å². The van der Waals surface area contributed by atoms with Gasteiger partial charge in [-0.05, 0) is 143 Å². The molecule has 0 heterocycles. The van der Waals surface area contributed by atoms with Crippen molar-refractivity contribution >= 4 is 47.6 Å². The van der Waals surface area contributed by atoms with Crippen molar-refractivity contribution < 1.29 is 105 Å². The van der Waals surface area contributed by atoms with E-state index in [1.807, 2.05) is 146 Å². The summed E-state index contributed by atoms with van der Waals surface area (Å²) in [6.07, 6.45) is 4.68. The van der Waals surface area contributed by atoms with Crippen LogP contribution in [0.5, 0.6) is 46.0 Å². The molecule has 2 amide bonds. The maximum Gasteiger partial charge on any atom is 0.344 e. The van der Waals surface area contributed by atoms with E-state index >= 15 is 0 Å². The van der Waals surface area contributed by atoms with Gasteiger partial charge in [-0.1, -0.05) is 158 Å². The Bertz CT molecular complexity index is 4150. The van der Waals surface area contributed by atoms with E-state index in [4.69, 9.17) is 66.3 Å². The third-order valence-corrected chi connectivity index (χ3v) is 18.8. The van der Waals surface area contributed by atoms with Gasteiger partial charge < -0.3 is 76.9 Å². The van der Waals surface area contributed by atoms with Gasteiger partial charge in [0.1, 0.15) is 46.0 Å². The van der Waals surface area contributed by atoms with Gasteiger partial charge in [-0.15, -0.1) is 0 Å². The number of carbonyl (C=O) groups is 8. The lowest BCUT2D eigenvalue weighted by molar-refractivity contribution is -0.146. The first-order valence-corrected chi connectivity index (χ1v) is 38.9. The van der Waals surface area contributed by atoms with E-state index in [9.17, 15) is 38.4 Å². The molecule has 0 spiro atoms. The number of benzene rings is 8. The van der Waals surface area contributed by atoms with E-state index < -0.39 is 35.8 Å². The molecule has 8 aromatic carbocycles. The summed E-state index contributed by atoms with van der Waals surface area (Å²) in [4.78, 5) is 105. The highest BCUT2D eigenvalue weighted by atomic mass is 16.6. The SMILES string of the molecule is CCOC(=O)COc1c2cccc1Cc1cccc(c1OCC(=O)OCC)Cc1cccc(c1OCC(=O)OCC)Cc1cccc(c1OCC(=O)NCCCCCCNC(=O)COc1c3cccc1Cc1cccc(c1OCC(=O)OCC)Cc1cccc(c1OCC(=O)OCC)Cc1cccc(c1OCC(=O)OCC)C3)C2. The molecule has 8 aromatic rings. The number of nitrogens with one attached hydrogen (secondary N) is 2. The van der Waals surface area contributed by atoms with Crippen LogP contribution < -0.4 is 48.5 Å². The van der Waals surface area contributed by atoms with Gasteiger partial charge in [-0.2, -0.15) is 0 Å². The van der Waals surface area contributed by atoms with Crippen LogP contribution in [-0.2, 0) is 118 Å². The maximum atomic E-state index is 13.9. The molecular weight excluding hydrogens is 1460 g/mol. The highest BCUT2D eigenvalue weighted by Gasteiger charge is 2.28. The van der Waals surface area contributed by atoms with Crippen molar-refractivity contribution in [1.82, 2.24) is 10.6 Å². The molecule has 0 aromatic heterocycles. The molecule has 0 saturated heterocycles. The molecule has 0 unspecified atom stereocenters. The van der Waals surface area contributed by atoms with Gasteiger partial charge in [-0.25, -0.2) is 28.8 Å². The Kier molecular flexibility index (Phi) is 32.3. The van der Waals surface area contributed by atoms with Crippen molar-refractivity contribution in [3.8, 4) is 46.0 Å². The minimum Gasteiger partial charge on any atom is -0.483 e. The topological polar surface area (TPSA) is 290 Å². The summed E-state index contributed by atoms with van der Waals surface area (Å²) in [5.74, 6) is -0.454. The molecular formula is C90H100N2O22. The smallest absolute Gasteiger partial charge is 0.344 e. The maximum absolute atomic E-state index is 13.9. The first-order valence-electron chi connectivity index (χ1n) is 38.9. The molecule has 602 valence electrons. The van der Waals surface area contributed by atoms with Crippen molar-refractivity contribution in [2.75, 3.05) is 106 Å². The zero-order valence-electron chi connectivity index (χ0n) is 65.6. The number of unbranched alkanes of at least 4 members (excludes halogenated alkanes) is 3. The predicted octanol–water partition coefficient (Wildman–Crippen LogP) is 11.9. The van der Waals surface area contributed by atoms with Crippen LogP contribution in [0.3, 0.4) is 0 Å². The summed E-state index contributed by atoms with van der Waals surface area (Å²) in [6.45, 7) is 9.11. The average molecular weight is 1560 g/mol. The second-order valence-electron chi connectivity index (χ2n) is 26.9. The van der Waals surface area contributed by atoms with E-state index in [0.29, 0.717) is 161 Å². The molecule has 24 heteroatoms. The minimum atomic E-state index is -0.552. The van der Waals surface area contributed by atoms with Crippen LogP contribution in [0.1, 0.15) is 156 Å². The largest absolute Gasteiger partial charge is 0.483 e. The predicted molar refractivity (Wildman–Crippen MR) is 422 cm³/mol. The standard InChI is InChI=1S/C90H100N2O22/c1-7-101-77(95)53-109-85-63-29-19-33-67(85)47-71-37-23-38-72(89(71)113-57-81(99)105-11-5)48-68-34-20-30-64(86(68)110-54-78(96)102-8-2)44-60-26-17-25-59(43-63)83(60)107-51-75(93)91-41-15-13-14-16-42-92-76(94)52-108-84-61-27-18-28-62(84)46-66-32-22-36-70(88(66)112-56-80(98)104-10-4)50-74-40-24-39-73(90(74)114-58-82(100)106-12-6)49-69-35-21-31-65(45-61)87(69)111-55-79(97)103-9-3/h17-40H,7-16,41-58H2,1-6H3,(H,91,93)(H,92,94). The summed E-state index contributed by atoms with van der Waals surface area (Å²) in [6, 6.07) is 45.7. The van der Waals surface area contributed by atoms with Gasteiger partial charge in [0.05, 0.1) is 39.6 Å². The van der Waals surface area contributed by atoms with E-state index in [1.54, 1.807) is 41.5 Å². The Labute approximate surface area is 664 Å². The third-order valence-electron chi connectivity index (χ3n) is 18.8. The first kappa shape index (κ1) is 84.4. The lowest BCUT2D eigenvalue weighted by Gasteiger charge is -2.22. The monoisotopic (exact) mass is 1560 g/mol. The lowest BCUT2D eigenvalue weighted by Crippen LogP contribution is -2.30. The number of carbonyl (C=O) groups excluding carboxylic acids is 8. The molecule has 0 aliphatic heterocycles. The van der Waals surface area contributed by atoms with Crippen LogP contribution in [0, 0.1) is 0 Å². The summed E-state index contributed by atoms with van der Waals surface area (Å²) in [5, 5.41) is 6.04. The fourth-order valence-electron chi connectivity index (χ4n) is 13.9. The van der Waals surface area contributed by atoms with Crippen molar-refractivity contribution in [3.63, 3.8) is 0 Å². The molecule has 0 radical (unpaired) electrons. The van der Waals surface area contributed by atoms with Crippen LogP contribution in [0.4, 0.5) is 0 Å². The molecule has 0 fully saturated rings. The van der Waals surface area contributed by atoms with Crippen molar-refractivity contribution in [2.45, 2.75) is 119 Å². The summed E-state index contributed by atoms with van der Waals surface area (Å²) < 4.78 is 83.4. The molecule has 16 bridgehead atoms. The van der Waals surface area contributed by atoms with E-state index in [-0.39, 0.29) is 156 Å². The Morgan fingerprint density at radius 1 is 0.219 bits per heavy atom. The number of hydrogen-bond donors (Lipinski definition) is 2. The molecule has 24 nitrogen and oxygen atoms in total. The van der Waals surface area contributed by atoms with Crippen LogP contribution >= 0.6 is 0 Å². The third kappa shape index (κ3) is 24.2. The minimum absolute atomic E-state index is 0.159. The van der Waals surface area contributed by atoms with Crippen LogP contribution in [-0.4, -0.2) is 153 Å². The molecule has 114 heavy (non-hydrogen) atoms. The zero-order chi connectivity index (χ0) is 80.6. The van der Waals surface area contributed by atoms with E-state index in [1.165, 1.54) is 0 Å². The van der Waals surface area contributed by atoms with Crippen molar-refractivity contribution in [1.29, 1.82) is 0 Å². The van der Waals surface area contributed by atoms with Gasteiger partial charge in [0.15, 0.2) is 52.9 Å². The quantitative estimate of drug-likeness (QED) is 0.0208. The van der Waals surface area contributed by atoms with Crippen LogP contribution in [0.25, 0.3) is 0 Å². The van der Waals surface area contributed by atoms with E-state index in [0.717, 1.165) is 12.8 Å². The highest BCUT2D eigenvalue weighted by Crippen LogP contribution is 2.42.